The van der Waals surface area contributed by atoms with Gasteiger partial charge in [0, 0.05) is 12.0 Å². The minimum atomic E-state index is -0.195. The van der Waals surface area contributed by atoms with Crippen molar-refractivity contribution in [3.63, 3.8) is 0 Å². The SMILES string of the molecule is CCCCCCCCCCC(=O)Oc1ccc(C=O)cc1. The molecule has 3 heteroatoms. The van der Waals surface area contributed by atoms with Crippen LogP contribution in [0.2, 0.25) is 0 Å². The first-order valence-corrected chi connectivity index (χ1v) is 8.02. The first-order chi connectivity index (χ1) is 10.3. The van der Waals surface area contributed by atoms with Gasteiger partial charge in [-0.15, -0.1) is 0 Å². The Morgan fingerprint density at radius 3 is 2.10 bits per heavy atom. The number of unbranched alkanes of at least 4 members (excludes halogenated alkanes) is 7. The van der Waals surface area contributed by atoms with Gasteiger partial charge in [-0.1, -0.05) is 51.9 Å². The van der Waals surface area contributed by atoms with Gasteiger partial charge in [-0.3, -0.25) is 9.59 Å². The van der Waals surface area contributed by atoms with E-state index in [1.54, 1.807) is 24.3 Å². The van der Waals surface area contributed by atoms with Crippen LogP contribution in [0.15, 0.2) is 24.3 Å². The molecule has 0 spiro atoms. The van der Waals surface area contributed by atoms with Crippen LogP contribution in [0.1, 0.15) is 75.1 Å². The first kappa shape index (κ1) is 17.4. The predicted molar refractivity (Wildman–Crippen MR) is 84.7 cm³/mol. The third-order valence-corrected chi connectivity index (χ3v) is 3.48. The fourth-order valence-electron chi connectivity index (χ4n) is 2.20. The molecule has 21 heavy (non-hydrogen) atoms. The molecule has 116 valence electrons. The van der Waals surface area contributed by atoms with Crippen LogP contribution >= 0.6 is 0 Å². The van der Waals surface area contributed by atoms with Crippen molar-refractivity contribution < 1.29 is 14.3 Å². The highest BCUT2D eigenvalue weighted by Crippen LogP contribution is 2.14. The molecule has 0 saturated heterocycles. The standard InChI is InChI=1S/C18H26O3/c1-2-3-4-5-6-7-8-9-10-18(20)21-17-13-11-16(15-19)12-14-17/h11-15H,2-10H2,1H3. The topological polar surface area (TPSA) is 43.4 Å². The first-order valence-electron chi connectivity index (χ1n) is 8.02. The molecule has 0 N–H and O–H groups in total. The number of carbonyl (C=O) groups is 2. The summed E-state index contributed by atoms with van der Waals surface area (Å²) in [6.07, 6.45) is 10.9. The summed E-state index contributed by atoms with van der Waals surface area (Å²) in [5, 5.41) is 0. The lowest BCUT2D eigenvalue weighted by molar-refractivity contribution is -0.134. The molecule has 0 heterocycles. The van der Waals surface area contributed by atoms with Gasteiger partial charge in [0.1, 0.15) is 12.0 Å². The van der Waals surface area contributed by atoms with Crippen LogP contribution in [0.4, 0.5) is 0 Å². The summed E-state index contributed by atoms with van der Waals surface area (Å²) >= 11 is 0. The molecule has 0 bridgehead atoms. The Labute approximate surface area is 127 Å². The van der Waals surface area contributed by atoms with E-state index in [1.807, 2.05) is 0 Å². The lowest BCUT2D eigenvalue weighted by atomic mass is 10.1. The van der Waals surface area contributed by atoms with Gasteiger partial charge in [0.2, 0.25) is 0 Å². The number of ether oxygens (including phenoxy) is 1. The van der Waals surface area contributed by atoms with Crippen molar-refractivity contribution in [3.8, 4) is 5.75 Å². The average Bonchev–Trinajstić information content (AvgIpc) is 2.50. The molecule has 1 rings (SSSR count). The number of esters is 1. The fourth-order valence-corrected chi connectivity index (χ4v) is 2.20. The molecule has 0 atom stereocenters. The maximum atomic E-state index is 11.6. The average molecular weight is 290 g/mol. The fraction of sp³-hybridized carbons (Fsp3) is 0.556. The Bertz CT molecular complexity index is 409. The van der Waals surface area contributed by atoms with Crippen LogP contribution < -0.4 is 4.74 Å². The van der Waals surface area contributed by atoms with Crippen LogP contribution in [-0.2, 0) is 4.79 Å². The molecule has 0 saturated carbocycles. The van der Waals surface area contributed by atoms with E-state index >= 15 is 0 Å². The van der Waals surface area contributed by atoms with Crippen molar-refractivity contribution in [2.45, 2.75) is 64.7 Å². The predicted octanol–water partition coefficient (Wildman–Crippen LogP) is 4.94. The Hall–Kier alpha value is -1.64. The van der Waals surface area contributed by atoms with E-state index in [-0.39, 0.29) is 5.97 Å². The molecule has 1 aromatic carbocycles. The minimum absolute atomic E-state index is 0.195. The van der Waals surface area contributed by atoms with Gasteiger partial charge in [0.25, 0.3) is 0 Å². The van der Waals surface area contributed by atoms with Gasteiger partial charge in [-0.25, -0.2) is 0 Å². The van der Waals surface area contributed by atoms with Gasteiger partial charge >= 0.3 is 5.97 Å². The summed E-state index contributed by atoms with van der Waals surface area (Å²) in [5.74, 6) is 0.310. The highest BCUT2D eigenvalue weighted by Gasteiger charge is 2.04. The van der Waals surface area contributed by atoms with Gasteiger partial charge in [-0.2, -0.15) is 0 Å². The third-order valence-electron chi connectivity index (χ3n) is 3.48. The highest BCUT2D eigenvalue weighted by molar-refractivity contribution is 5.76. The number of hydrogen-bond donors (Lipinski definition) is 0. The van der Waals surface area contributed by atoms with Crippen LogP contribution in [0.3, 0.4) is 0 Å². The Balaban J connectivity index is 2.06. The van der Waals surface area contributed by atoms with E-state index < -0.39 is 0 Å². The molecule has 0 aliphatic heterocycles. The molecule has 0 radical (unpaired) electrons. The maximum absolute atomic E-state index is 11.6. The van der Waals surface area contributed by atoms with E-state index in [2.05, 4.69) is 6.92 Å². The van der Waals surface area contributed by atoms with Gasteiger partial charge in [0.15, 0.2) is 0 Å². The summed E-state index contributed by atoms with van der Waals surface area (Å²) in [4.78, 5) is 22.2. The Kier molecular flexibility index (Phi) is 9.18. The zero-order valence-electron chi connectivity index (χ0n) is 13.0. The molecule has 1 aromatic rings. The molecule has 0 aliphatic rings. The van der Waals surface area contributed by atoms with Crippen LogP contribution in [0.5, 0.6) is 5.75 Å². The maximum Gasteiger partial charge on any atom is 0.311 e. The van der Waals surface area contributed by atoms with Gasteiger partial charge < -0.3 is 4.74 Å². The number of aldehydes is 1. The van der Waals surface area contributed by atoms with Crippen molar-refractivity contribution in [2.24, 2.45) is 0 Å². The molecular formula is C18H26O3. The molecule has 0 aromatic heterocycles. The van der Waals surface area contributed by atoms with E-state index in [4.69, 9.17) is 4.74 Å². The lowest BCUT2D eigenvalue weighted by Crippen LogP contribution is -2.07. The second-order valence-electron chi connectivity index (χ2n) is 5.39. The zero-order valence-corrected chi connectivity index (χ0v) is 13.0. The monoisotopic (exact) mass is 290 g/mol. The van der Waals surface area contributed by atoms with Crippen molar-refractivity contribution in [3.05, 3.63) is 29.8 Å². The second kappa shape index (κ2) is 11.1. The van der Waals surface area contributed by atoms with Crippen molar-refractivity contribution in [1.82, 2.24) is 0 Å². The number of rotatable bonds is 11. The second-order valence-corrected chi connectivity index (χ2v) is 5.39. The van der Waals surface area contributed by atoms with E-state index in [1.165, 1.54) is 38.5 Å². The van der Waals surface area contributed by atoms with Crippen LogP contribution in [-0.4, -0.2) is 12.3 Å². The van der Waals surface area contributed by atoms with Gasteiger partial charge in [0.05, 0.1) is 0 Å². The van der Waals surface area contributed by atoms with Crippen molar-refractivity contribution in [1.29, 1.82) is 0 Å². The summed E-state index contributed by atoms with van der Waals surface area (Å²) in [6, 6.07) is 6.59. The van der Waals surface area contributed by atoms with E-state index in [0.29, 0.717) is 17.7 Å². The number of benzene rings is 1. The molecule has 0 fully saturated rings. The number of hydrogen-bond acceptors (Lipinski definition) is 3. The summed E-state index contributed by atoms with van der Waals surface area (Å²) in [6.45, 7) is 2.22. The molecular weight excluding hydrogens is 264 g/mol. The lowest BCUT2D eigenvalue weighted by Gasteiger charge is -2.04. The quantitative estimate of drug-likeness (QED) is 0.251. The Morgan fingerprint density at radius 1 is 0.952 bits per heavy atom. The molecule has 0 amide bonds. The Morgan fingerprint density at radius 2 is 1.52 bits per heavy atom. The van der Waals surface area contributed by atoms with Crippen LogP contribution in [0, 0.1) is 0 Å². The normalized spacial score (nSPS) is 10.3. The number of carbonyl (C=O) groups excluding carboxylic acids is 2. The smallest absolute Gasteiger partial charge is 0.311 e. The van der Waals surface area contributed by atoms with Crippen molar-refractivity contribution in [2.75, 3.05) is 0 Å². The summed E-state index contributed by atoms with van der Waals surface area (Å²) in [5.41, 5.74) is 0.581. The molecule has 3 nitrogen and oxygen atoms in total. The van der Waals surface area contributed by atoms with Crippen LogP contribution in [0.25, 0.3) is 0 Å². The van der Waals surface area contributed by atoms with Gasteiger partial charge in [-0.05, 0) is 30.7 Å². The largest absolute Gasteiger partial charge is 0.427 e. The minimum Gasteiger partial charge on any atom is -0.427 e. The molecule has 0 aliphatic carbocycles. The highest BCUT2D eigenvalue weighted by atomic mass is 16.5. The zero-order chi connectivity index (χ0) is 15.3. The third kappa shape index (κ3) is 8.28. The summed E-state index contributed by atoms with van der Waals surface area (Å²) in [7, 11) is 0. The summed E-state index contributed by atoms with van der Waals surface area (Å²) < 4.78 is 5.22. The molecule has 0 unspecified atom stereocenters. The van der Waals surface area contributed by atoms with E-state index in [0.717, 1.165) is 19.1 Å². The van der Waals surface area contributed by atoms with Crippen molar-refractivity contribution >= 4 is 12.3 Å². The van der Waals surface area contributed by atoms with E-state index in [9.17, 15) is 9.59 Å².